The molecule has 0 aliphatic carbocycles. The number of aldehydes is 1. The summed E-state index contributed by atoms with van der Waals surface area (Å²) in [6.45, 7) is 1.70. The Kier molecular flexibility index (Phi) is 3.79. The molecule has 0 radical (unpaired) electrons. The van der Waals surface area contributed by atoms with Crippen LogP contribution in [0.25, 0.3) is 0 Å². The van der Waals surface area contributed by atoms with Gasteiger partial charge in [-0.1, -0.05) is 11.6 Å². The molecular formula is C8H10ClN3O2. The van der Waals surface area contributed by atoms with Gasteiger partial charge < -0.3 is 10.4 Å². The number of hydrogen-bond acceptors (Lipinski definition) is 5. The zero-order valence-electron chi connectivity index (χ0n) is 7.57. The second kappa shape index (κ2) is 4.88. The van der Waals surface area contributed by atoms with Crippen molar-refractivity contribution in [3.8, 4) is 0 Å². The van der Waals surface area contributed by atoms with E-state index in [1.54, 1.807) is 6.92 Å². The van der Waals surface area contributed by atoms with Gasteiger partial charge in [-0.25, -0.2) is 9.97 Å². The summed E-state index contributed by atoms with van der Waals surface area (Å²) < 4.78 is 0. The van der Waals surface area contributed by atoms with Gasteiger partial charge in [0.1, 0.15) is 17.3 Å². The number of nitrogens with zero attached hydrogens (tertiary/aromatic N) is 2. The largest absolute Gasteiger partial charge is 0.394 e. The summed E-state index contributed by atoms with van der Waals surface area (Å²) in [4.78, 5) is 18.2. The quantitative estimate of drug-likeness (QED) is 0.572. The normalized spacial score (nSPS) is 12.2. The number of aliphatic hydroxyl groups excluding tert-OH is 1. The van der Waals surface area contributed by atoms with Crippen LogP contribution in [0.1, 0.15) is 17.3 Å². The van der Waals surface area contributed by atoms with Crippen molar-refractivity contribution in [2.24, 2.45) is 0 Å². The Bertz CT molecular complexity index is 332. The minimum absolute atomic E-state index is 0.0556. The highest BCUT2D eigenvalue weighted by atomic mass is 35.5. The van der Waals surface area contributed by atoms with Crippen molar-refractivity contribution in [2.75, 3.05) is 11.9 Å². The number of halogens is 1. The first kappa shape index (κ1) is 10.9. The number of nitrogens with one attached hydrogen (secondary N) is 1. The third-order valence-electron chi connectivity index (χ3n) is 1.61. The van der Waals surface area contributed by atoms with Gasteiger partial charge in [-0.05, 0) is 6.92 Å². The summed E-state index contributed by atoms with van der Waals surface area (Å²) in [6, 6.07) is -0.195. The number of carbonyl (C=O) groups is 1. The van der Waals surface area contributed by atoms with Crippen LogP contribution in [-0.4, -0.2) is 34.0 Å². The van der Waals surface area contributed by atoms with Crippen molar-refractivity contribution < 1.29 is 9.90 Å². The van der Waals surface area contributed by atoms with E-state index in [1.165, 1.54) is 6.33 Å². The fraction of sp³-hybridized carbons (Fsp3) is 0.375. The number of rotatable bonds is 4. The molecule has 1 rings (SSSR count). The Labute approximate surface area is 86.1 Å². The van der Waals surface area contributed by atoms with E-state index in [4.69, 9.17) is 16.7 Å². The first-order valence-electron chi connectivity index (χ1n) is 4.02. The van der Waals surface area contributed by atoms with E-state index < -0.39 is 0 Å². The molecular weight excluding hydrogens is 206 g/mol. The van der Waals surface area contributed by atoms with Gasteiger partial charge in [0.05, 0.1) is 12.2 Å². The maximum atomic E-state index is 10.7. The number of carbonyl (C=O) groups excluding carboxylic acids is 1. The van der Waals surface area contributed by atoms with Crippen molar-refractivity contribution >= 4 is 23.7 Å². The molecule has 1 heterocycles. The molecule has 0 amide bonds. The molecule has 6 heteroatoms. The fourth-order valence-electron chi connectivity index (χ4n) is 0.873. The second-order valence-corrected chi connectivity index (χ2v) is 3.13. The molecule has 2 N–H and O–H groups in total. The van der Waals surface area contributed by atoms with Crippen molar-refractivity contribution in [1.82, 2.24) is 9.97 Å². The molecule has 0 aromatic carbocycles. The van der Waals surface area contributed by atoms with E-state index >= 15 is 0 Å². The summed E-state index contributed by atoms with van der Waals surface area (Å²) in [7, 11) is 0. The summed E-state index contributed by atoms with van der Waals surface area (Å²) in [6.07, 6.45) is 1.83. The smallest absolute Gasteiger partial charge is 0.156 e. The van der Waals surface area contributed by atoms with Crippen LogP contribution < -0.4 is 5.32 Å². The van der Waals surface area contributed by atoms with Crippen LogP contribution in [-0.2, 0) is 0 Å². The number of hydrogen-bond donors (Lipinski definition) is 2. The average Bonchev–Trinajstić information content (AvgIpc) is 2.18. The van der Waals surface area contributed by atoms with E-state index in [1.807, 2.05) is 0 Å². The predicted octanol–water partition coefficient (Wildman–Crippen LogP) is 0.735. The minimum Gasteiger partial charge on any atom is -0.394 e. The van der Waals surface area contributed by atoms with Gasteiger partial charge in [0, 0.05) is 6.04 Å². The Hall–Kier alpha value is -1.20. The van der Waals surface area contributed by atoms with Crippen molar-refractivity contribution in [2.45, 2.75) is 13.0 Å². The van der Waals surface area contributed by atoms with Gasteiger partial charge in [0.25, 0.3) is 0 Å². The molecule has 0 spiro atoms. The molecule has 0 fully saturated rings. The van der Waals surface area contributed by atoms with Crippen LogP contribution in [0.3, 0.4) is 0 Å². The van der Waals surface area contributed by atoms with Gasteiger partial charge in [0.15, 0.2) is 6.29 Å². The molecule has 76 valence electrons. The molecule has 1 unspecified atom stereocenters. The van der Waals surface area contributed by atoms with E-state index in [0.29, 0.717) is 12.1 Å². The van der Waals surface area contributed by atoms with E-state index in [-0.39, 0.29) is 23.4 Å². The van der Waals surface area contributed by atoms with Gasteiger partial charge >= 0.3 is 0 Å². The SMILES string of the molecule is CC(CO)Nc1ncnc(Cl)c1C=O. The number of aromatic nitrogens is 2. The Morgan fingerprint density at radius 2 is 2.43 bits per heavy atom. The third-order valence-corrected chi connectivity index (χ3v) is 1.91. The molecule has 0 aliphatic heterocycles. The molecule has 0 saturated carbocycles. The van der Waals surface area contributed by atoms with Gasteiger partial charge in [-0.3, -0.25) is 4.79 Å². The maximum absolute atomic E-state index is 10.7. The molecule has 1 aromatic heterocycles. The number of anilines is 1. The minimum atomic E-state index is -0.195. The highest BCUT2D eigenvalue weighted by molar-refractivity contribution is 6.32. The Morgan fingerprint density at radius 3 is 3.00 bits per heavy atom. The average molecular weight is 216 g/mol. The van der Waals surface area contributed by atoms with Crippen molar-refractivity contribution in [1.29, 1.82) is 0 Å². The highest BCUT2D eigenvalue weighted by Crippen LogP contribution is 2.17. The first-order chi connectivity index (χ1) is 6.69. The molecule has 0 aliphatic rings. The van der Waals surface area contributed by atoms with Crippen molar-refractivity contribution in [3.63, 3.8) is 0 Å². The van der Waals surface area contributed by atoms with Crippen LogP contribution in [0.4, 0.5) is 5.82 Å². The molecule has 1 atom stereocenters. The van der Waals surface area contributed by atoms with Crippen LogP contribution in [0.2, 0.25) is 5.15 Å². The van der Waals surface area contributed by atoms with Crippen molar-refractivity contribution in [3.05, 3.63) is 17.0 Å². The fourth-order valence-corrected chi connectivity index (χ4v) is 1.05. The van der Waals surface area contributed by atoms with Gasteiger partial charge in [-0.2, -0.15) is 0 Å². The topological polar surface area (TPSA) is 75.1 Å². The third kappa shape index (κ3) is 2.40. The lowest BCUT2D eigenvalue weighted by molar-refractivity contribution is 0.112. The maximum Gasteiger partial charge on any atom is 0.156 e. The molecule has 5 nitrogen and oxygen atoms in total. The molecule has 0 bridgehead atoms. The van der Waals surface area contributed by atoms with Crippen LogP contribution in [0.15, 0.2) is 6.33 Å². The van der Waals surface area contributed by atoms with Gasteiger partial charge in [0.2, 0.25) is 0 Å². The molecule has 14 heavy (non-hydrogen) atoms. The standard InChI is InChI=1S/C8H10ClN3O2/c1-5(2-13)12-8-6(3-14)7(9)10-4-11-8/h3-5,13H,2H2,1H3,(H,10,11,12). The van der Waals surface area contributed by atoms with Crippen LogP contribution >= 0.6 is 11.6 Å². The zero-order chi connectivity index (χ0) is 10.6. The Morgan fingerprint density at radius 1 is 1.71 bits per heavy atom. The van der Waals surface area contributed by atoms with E-state index in [2.05, 4.69) is 15.3 Å². The summed E-state index contributed by atoms with van der Waals surface area (Å²) in [5.74, 6) is 0.335. The zero-order valence-corrected chi connectivity index (χ0v) is 8.32. The summed E-state index contributed by atoms with van der Waals surface area (Å²) >= 11 is 5.67. The Balaban J connectivity index is 2.96. The molecule has 0 saturated heterocycles. The summed E-state index contributed by atoms with van der Waals surface area (Å²) in [5.41, 5.74) is 0.203. The number of aliphatic hydroxyl groups is 1. The second-order valence-electron chi connectivity index (χ2n) is 2.77. The first-order valence-corrected chi connectivity index (χ1v) is 4.40. The lowest BCUT2D eigenvalue weighted by Crippen LogP contribution is -2.21. The van der Waals surface area contributed by atoms with Crippen LogP contribution in [0, 0.1) is 0 Å². The monoisotopic (exact) mass is 215 g/mol. The predicted molar refractivity (Wildman–Crippen MR) is 52.6 cm³/mol. The lowest BCUT2D eigenvalue weighted by Gasteiger charge is -2.12. The lowest BCUT2D eigenvalue weighted by atomic mass is 10.3. The van der Waals surface area contributed by atoms with E-state index in [9.17, 15) is 4.79 Å². The van der Waals surface area contributed by atoms with Crippen LogP contribution in [0.5, 0.6) is 0 Å². The van der Waals surface area contributed by atoms with E-state index in [0.717, 1.165) is 0 Å². The summed E-state index contributed by atoms with van der Waals surface area (Å²) in [5, 5.41) is 11.7. The highest BCUT2D eigenvalue weighted by Gasteiger charge is 2.10. The van der Waals surface area contributed by atoms with Gasteiger partial charge in [-0.15, -0.1) is 0 Å². The molecule has 1 aromatic rings.